The average molecular weight is 542 g/mol. The number of carbonyl (C=O) groups excluding carboxylic acids is 2. The fourth-order valence-corrected chi connectivity index (χ4v) is 5.55. The van der Waals surface area contributed by atoms with Crippen LogP contribution < -0.4 is 10.6 Å². The third-order valence-electron chi connectivity index (χ3n) is 5.55. The molecule has 1 aromatic rings. The molecule has 0 bridgehead atoms. The second-order valence-electron chi connectivity index (χ2n) is 8.84. The summed E-state index contributed by atoms with van der Waals surface area (Å²) < 4.78 is 16.8. The number of amides is 2. The van der Waals surface area contributed by atoms with Gasteiger partial charge in [-0.2, -0.15) is 0 Å². The van der Waals surface area contributed by atoms with E-state index in [0.29, 0.717) is 32.7 Å². The molecule has 2 rings (SSSR count). The van der Waals surface area contributed by atoms with Gasteiger partial charge in [-0.1, -0.05) is 49.5 Å². The molecular formula is C26H43N3O5S2. The van der Waals surface area contributed by atoms with Crippen molar-refractivity contribution in [2.45, 2.75) is 95.1 Å². The van der Waals surface area contributed by atoms with Crippen molar-refractivity contribution in [2.24, 2.45) is 0 Å². The van der Waals surface area contributed by atoms with Crippen LogP contribution in [0.1, 0.15) is 77.6 Å². The highest BCUT2D eigenvalue weighted by Gasteiger charge is 2.23. The fraction of sp³-hybridized carbons (Fsp3) is 0.731. The SMILES string of the molecule is CCCCCNC(=O)CCCCCOC1OCC(NC(=O)CCCCCSSc2ccccn2)CO1. The van der Waals surface area contributed by atoms with E-state index in [1.165, 1.54) is 0 Å². The summed E-state index contributed by atoms with van der Waals surface area (Å²) in [6.45, 7) is 3.55. The number of nitrogens with zero attached hydrogens (tertiary/aromatic N) is 1. The zero-order valence-electron chi connectivity index (χ0n) is 21.6. The minimum Gasteiger partial charge on any atom is -0.356 e. The maximum atomic E-state index is 12.2. The van der Waals surface area contributed by atoms with Gasteiger partial charge in [-0.15, -0.1) is 0 Å². The molecule has 1 aromatic heterocycles. The summed E-state index contributed by atoms with van der Waals surface area (Å²) in [5, 5.41) is 6.97. The van der Waals surface area contributed by atoms with Gasteiger partial charge in [0.15, 0.2) is 0 Å². The van der Waals surface area contributed by atoms with Crippen molar-refractivity contribution < 1.29 is 23.8 Å². The van der Waals surface area contributed by atoms with Crippen LogP contribution in [-0.2, 0) is 23.8 Å². The molecule has 2 heterocycles. The normalized spacial score (nSPS) is 17.6. The highest BCUT2D eigenvalue weighted by atomic mass is 33.1. The van der Waals surface area contributed by atoms with Crippen LogP contribution in [0.25, 0.3) is 0 Å². The van der Waals surface area contributed by atoms with Gasteiger partial charge in [0.1, 0.15) is 5.03 Å². The van der Waals surface area contributed by atoms with Crippen molar-refractivity contribution in [3.05, 3.63) is 24.4 Å². The highest BCUT2D eigenvalue weighted by molar-refractivity contribution is 8.76. The van der Waals surface area contributed by atoms with Crippen molar-refractivity contribution in [1.82, 2.24) is 15.6 Å². The van der Waals surface area contributed by atoms with Crippen molar-refractivity contribution in [3.8, 4) is 0 Å². The molecule has 8 nitrogen and oxygen atoms in total. The molecule has 0 spiro atoms. The van der Waals surface area contributed by atoms with E-state index in [2.05, 4.69) is 22.5 Å². The number of hydrogen-bond acceptors (Lipinski definition) is 8. The van der Waals surface area contributed by atoms with Gasteiger partial charge in [-0.05, 0) is 55.0 Å². The second kappa shape index (κ2) is 20.7. The molecule has 0 saturated carbocycles. The number of hydrogen-bond donors (Lipinski definition) is 2. The average Bonchev–Trinajstić information content (AvgIpc) is 2.89. The monoisotopic (exact) mass is 541 g/mol. The maximum absolute atomic E-state index is 12.2. The first-order valence-corrected chi connectivity index (χ1v) is 15.6. The number of rotatable bonds is 20. The molecule has 0 radical (unpaired) electrons. The topological polar surface area (TPSA) is 98.8 Å². The number of aromatic nitrogens is 1. The largest absolute Gasteiger partial charge is 0.356 e. The standard InChI is InChI=1S/C26H43N3O5S2/c1-2-3-9-16-27-23(30)13-6-4-11-18-32-26-33-20-22(21-34-26)29-24(31)14-7-5-12-19-35-36-25-15-8-10-17-28-25/h8,10,15,17,22,26H,2-7,9,11-14,16,18-21H2,1H3,(H,27,30)(H,29,31). The van der Waals surface area contributed by atoms with E-state index in [0.717, 1.165) is 75.1 Å². The van der Waals surface area contributed by atoms with Crippen LogP contribution in [-0.4, -0.2) is 61.4 Å². The fourth-order valence-electron chi connectivity index (χ4n) is 3.52. The lowest BCUT2D eigenvalue weighted by Gasteiger charge is -2.29. The summed E-state index contributed by atoms with van der Waals surface area (Å²) >= 11 is 0. The van der Waals surface area contributed by atoms with Crippen molar-refractivity contribution >= 4 is 33.4 Å². The highest BCUT2D eigenvalue weighted by Crippen LogP contribution is 2.29. The van der Waals surface area contributed by atoms with Crippen LogP contribution in [0.3, 0.4) is 0 Å². The summed E-state index contributed by atoms with van der Waals surface area (Å²) in [5.41, 5.74) is 0. The molecule has 0 aromatic carbocycles. The summed E-state index contributed by atoms with van der Waals surface area (Å²) in [6.07, 6.45) is 11.9. The van der Waals surface area contributed by atoms with E-state index in [1.807, 2.05) is 18.2 Å². The molecule has 204 valence electrons. The van der Waals surface area contributed by atoms with Gasteiger partial charge in [-0.3, -0.25) is 9.59 Å². The molecule has 0 aliphatic carbocycles. The van der Waals surface area contributed by atoms with Crippen LogP contribution in [0.2, 0.25) is 0 Å². The lowest BCUT2D eigenvalue weighted by Crippen LogP contribution is -2.47. The van der Waals surface area contributed by atoms with Crippen LogP contribution in [0.4, 0.5) is 0 Å². The third-order valence-corrected chi connectivity index (χ3v) is 7.90. The molecule has 0 atom stereocenters. The van der Waals surface area contributed by atoms with Crippen molar-refractivity contribution in [3.63, 3.8) is 0 Å². The molecule has 1 aliphatic heterocycles. The Labute approximate surface area is 224 Å². The van der Waals surface area contributed by atoms with Gasteiger partial charge in [0.2, 0.25) is 11.8 Å². The van der Waals surface area contributed by atoms with Crippen LogP contribution in [0.5, 0.6) is 0 Å². The number of carbonyl (C=O) groups is 2. The van der Waals surface area contributed by atoms with Crippen LogP contribution >= 0.6 is 21.6 Å². The van der Waals surface area contributed by atoms with E-state index in [-0.39, 0.29) is 17.9 Å². The smallest absolute Gasteiger partial charge is 0.271 e. The minimum atomic E-state index is -0.679. The molecule has 0 unspecified atom stereocenters. The molecule has 10 heteroatoms. The Bertz CT molecular complexity index is 706. The lowest BCUT2D eigenvalue weighted by molar-refractivity contribution is -0.315. The lowest BCUT2D eigenvalue weighted by atomic mass is 10.2. The third kappa shape index (κ3) is 15.7. The predicted molar refractivity (Wildman–Crippen MR) is 146 cm³/mol. The van der Waals surface area contributed by atoms with Crippen LogP contribution in [0, 0.1) is 0 Å². The maximum Gasteiger partial charge on any atom is 0.271 e. The molecule has 36 heavy (non-hydrogen) atoms. The first kappa shape index (κ1) is 30.9. The van der Waals surface area contributed by atoms with Gasteiger partial charge in [0.05, 0.1) is 25.9 Å². The van der Waals surface area contributed by atoms with Crippen molar-refractivity contribution in [2.75, 3.05) is 32.1 Å². The van der Waals surface area contributed by atoms with Gasteiger partial charge < -0.3 is 24.8 Å². The Morgan fingerprint density at radius 3 is 2.53 bits per heavy atom. The minimum absolute atomic E-state index is 0.0384. The first-order valence-electron chi connectivity index (χ1n) is 13.3. The van der Waals surface area contributed by atoms with E-state index in [9.17, 15) is 9.59 Å². The number of nitrogens with one attached hydrogen (secondary N) is 2. The Kier molecular flexibility index (Phi) is 17.8. The van der Waals surface area contributed by atoms with Gasteiger partial charge in [0.25, 0.3) is 6.48 Å². The Hall–Kier alpha value is -1.33. The number of pyridine rings is 1. The van der Waals surface area contributed by atoms with Crippen molar-refractivity contribution in [1.29, 1.82) is 0 Å². The first-order chi connectivity index (χ1) is 17.7. The predicted octanol–water partition coefficient (Wildman–Crippen LogP) is 5.08. The summed E-state index contributed by atoms with van der Waals surface area (Å²) in [7, 11) is 3.49. The zero-order valence-corrected chi connectivity index (χ0v) is 23.2. The Balaban J connectivity index is 1.37. The Morgan fingerprint density at radius 2 is 1.78 bits per heavy atom. The van der Waals surface area contributed by atoms with E-state index in [1.54, 1.807) is 27.8 Å². The quantitative estimate of drug-likeness (QED) is 0.174. The molecular weight excluding hydrogens is 498 g/mol. The molecule has 1 aliphatic rings. The summed E-state index contributed by atoms with van der Waals surface area (Å²) in [4.78, 5) is 28.2. The van der Waals surface area contributed by atoms with E-state index in [4.69, 9.17) is 14.2 Å². The number of unbranched alkanes of at least 4 members (excludes halogenated alkanes) is 6. The molecule has 2 amide bonds. The second-order valence-corrected chi connectivity index (χ2v) is 11.3. The molecule has 1 saturated heterocycles. The zero-order chi connectivity index (χ0) is 25.7. The van der Waals surface area contributed by atoms with E-state index < -0.39 is 6.48 Å². The van der Waals surface area contributed by atoms with E-state index >= 15 is 0 Å². The van der Waals surface area contributed by atoms with Gasteiger partial charge in [0, 0.05) is 31.3 Å². The Morgan fingerprint density at radius 1 is 1.00 bits per heavy atom. The summed E-state index contributed by atoms with van der Waals surface area (Å²) in [5.74, 6) is 1.22. The summed E-state index contributed by atoms with van der Waals surface area (Å²) in [6, 6.07) is 5.78. The molecule has 1 fully saturated rings. The van der Waals surface area contributed by atoms with Gasteiger partial charge >= 0.3 is 0 Å². The van der Waals surface area contributed by atoms with Gasteiger partial charge in [-0.25, -0.2) is 4.98 Å². The number of ether oxygens (including phenoxy) is 3. The van der Waals surface area contributed by atoms with Crippen LogP contribution in [0.15, 0.2) is 29.4 Å². The molecule has 2 N–H and O–H groups in total.